The van der Waals surface area contributed by atoms with Gasteiger partial charge in [-0.2, -0.15) is 0 Å². The van der Waals surface area contributed by atoms with Gasteiger partial charge in [0.25, 0.3) is 5.91 Å². The van der Waals surface area contributed by atoms with Crippen LogP contribution in [0.3, 0.4) is 0 Å². The van der Waals surface area contributed by atoms with Crippen molar-refractivity contribution < 1.29 is 24.2 Å². The molecule has 1 aromatic carbocycles. The summed E-state index contributed by atoms with van der Waals surface area (Å²) in [6, 6.07) is 2.18. The van der Waals surface area contributed by atoms with Crippen LogP contribution in [0.4, 0.5) is 10.5 Å². The Bertz CT molecular complexity index is 846. The number of aromatic hydroxyl groups is 1. The van der Waals surface area contributed by atoms with E-state index in [-0.39, 0.29) is 12.5 Å². The Morgan fingerprint density at radius 2 is 2.16 bits per heavy atom. The van der Waals surface area contributed by atoms with Gasteiger partial charge in [0.1, 0.15) is 30.3 Å². The molecule has 1 aliphatic rings. The van der Waals surface area contributed by atoms with Crippen molar-refractivity contribution in [1.29, 1.82) is 0 Å². The Morgan fingerprint density at radius 1 is 1.40 bits per heavy atom. The van der Waals surface area contributed by atoms with Crippen LogP contribution >= 0.6 is 0 Å². The first-order chi connectivity index (χ1) is 11.7. The number of nitrogens with one attached hydrogen (secondary N) is 2. The maximum Gasteiger partial charge on any atom is 0.408 e. The van der Waals surface area contributed by atoms with Crippen molar-refractivity contribution in [3.05, 3.63) is 18.5 Å². The van der Waals surface area contributed by atoms with Crippen molar-refractivity contribution in [3.63, 3.8) is 0 Å². The van der Waals surface area contributed by atoms with Crippen LogP contribution in [0.5, 0.6) is 11.6 Å². The lowest BCUT2D eigenvalue weighted by molar-refractivity contribution is -0.118. The summed E-state index contributed by atoms with van der Waals surface area (Å²) in [6.07, 6.45) is 0.516. The molecule has 0 fully saturated rings. The molecule has 0 spiro atoms. The number of alkyl carbamates (subject to hydrolysis) is 1. The summed E-state index contributed by atoms with van der Waals surface area (Å²) in [7, 11) is 0. The lowest BCUT2D eigenvalue weighted by atomic mass is 10.2. The Labute approximate surface area is 143 Å². The molecule has 2 amide bonds. The molecule has 1 aromatic heterocycles. The second-order valence-electron chi connectivity index (χ2n) is 6.56. The van der Waals surface area contributed by atoms with E-state index in [2.05, 4.69) is 20.6 Å². The van der Waals surface area contributed by atoms with Crippen LogP contribution in [0.25, 0.3) is 10.9 Å². The SMILES string of the molecule is CC(C)(C)OC(=O)N[C@H]1COc2cc3ncnc(O)c3cc2NC1=O. The molecular formula is C16H18N4O5. The van der Waals surface area contributed by atoms with Crippen LogP contribution in [0.15, 0.2) is 18.5 Å². The number of hydrogen-bond donors (Lipinski definition) is 3. The first-order valence-corrected chi connectivity index (χ1v) is 7.64. The number of amides is 2. The normalized spacial score (nSPS) is 17.1. The van der Waals surface area contributed by atoms with E-state index in [0.717, 1.165) is 0 Å². The zero-order valence-corrected chi connectivity index (χ0v) is 14.0. The molecule has 0 bridgehead atoms. The minimum atomic E-state index is -0.926. The maximum absolute atomic E-state index is 12.3. The fourth-order valence-electron chi connectivity index (χ4n) is 2.31. The summed E-state index contributed by atoms with van der Waals surface area (Å²) < 4.78 is 10.8. The predicted octanol–water partition coefficient (Wildman–Crippen LogP) is 1.56. The van der Waals surface area contributed by atoms with Crippen LogP contribution in [-0.4, -0.2) is 45.3 Å². The molecule has 2 aromatic rings. The number of aromatic nitrogens is 2. The third-order valence-corrected chi connectivity index (χ3v) is 3.39. The van der Waals surface area contributed by atoms with Crippen molar-refractivity contribution in [2.45, 2.75) is 32.4 Å². The zero-order chi connectivity index (χ0) is 18.2. The third-order valence-electron chi connectivity index (χ3n) is 3.39. The molecule has 0 unspecified atom stereocenters. The number of nitrogens with zero attached hydrogens (tertiary/aromatic N) is 2. The Hall–Kier alpha value is -3.10. The molecule has 0 radical (unpaired) electrons. The fourth-order valence-corrected chi connectivity index (χ4v) is 2.31. The molecule has 1 aliphatic heterocycles. The molecule has 9 nitrogen and oxygen atoms in total. The number of anilines is 1. The number of fused-ring (bicyclic) bond motifs is 2. The van der Waals surface area contributed by atoms with Gasteiger partial charge in [-0.3, -0.25) is 4.79 Å². The number of benzene rings is 1. The van der Waals surface area contributed by atoms with Gasteiger partial charge in [0.2, 0.25) is 5.88 Å². The van der Waals surface area contributed by atoms with Gasteiger partial charge in [0.05, 0.1) is 16.6 Å². The van der Waals surface area contributed by atoms with Gasteiger partial charge in [-0.05, 0) is 26.8 Å². The van der Waals surface area contributed by atoms with Crippen LogP contribution in [0, 0.1) is 0 Å². The minimum Gasteiger partial charge on any atom is -0.493 e. The Morgan fingerprint density at radius 3 is 2.88 bits per heavy atom. The van der Waals surface area contributed by atoms with E-state index in [1.165, 1.54) is 12.4 Å². The molecule has 9 heteroatoms. The van der Waals surface area contributed by atoms with E-state index in [1.54, 1.807) is 26.8 Å². The maximum atomic E-state index is 12.3. The van der Waals surface area contributed by atoms with Crippen molar-refractivity contribution >= 4 is 28.6 Å². The van der Waals surface area contributed by atoms with E-state index in [1.807, 2.05) is 0 Å². The first-order valence-electron chi connectivity index (χ1n) is 7.64. The second kappa shape index (κ2) is 6.08. The number of carbonyl (C=O) groups excluding carboxylic acids is 2. The topological polar surface area (TPSA) is 123 Å². The monoisotopic (exact) mass is 346 g/mol. The number of carbonyl (C=O) groups is 2. The van der Waals surface area contributed by atoms with Crippen molar-refractivity contribution in [2.75, 3.05) is 11.9 Å². The highest BCUT2D eigenvalue weighted by Gasteiger charge is 2.28. The highest BCUT2D eigenvalue weighted by atomic mass is 16.6. The lowest BCUT2D eigenvalue weighted by Crippen LogP contribution is -2.48. The third kappa shape index (κ3) is 3.70. The van der Waals surface area contributed by atoms with Gasteiger partial charge < -0.3 is 25.2 Å². The summed E-state index contributed by atoms with van der Waals surface area (Å²) >= 11 is 0. The molecular weight excluding hydrogens is 328 g/mol. The van der Waals surface area contributed by atoms with E-state index in [4.69, 9.17) is 9.47 Å². The van der Waals surface area contributed by atoms with Gasteiger partial charge in [-0.1, -0.05) is 0 Å². The van der Waals surface area contributed by atoms with Crippen molar-refractivity contribution in [2.24, 2.45) is 0 Å². The molecule has 0 saturated heterocycles. The summed E-state index contributed by atoms with van der Waals surface area (Å²) in [5.41, 5.74) is 0.151. The number of rotatable bonds is 1. The zero-order valence-electron chi connectivity index (χ0n) is 14.0. The van der Waals surface area contributed by atoms with Crippen molar-refractivity contribution in [3.8, 4) is 11.6 Å². The smallest absolute Gasteiger partial charge is 0.408 e. The average molecular weight is 346 g/mol. The lowest BCUT2D eigenvalue weighted by Gasteiger charge is -2.22. The van der Waals surface area contributed by atoms with Crippen LogP contribution < -0.4 is 15.4 Å². The van der Waals surface area contributed by atoms with Gasteiger partial charge in [0, 0.05) is 6.07 Å². The highest BCUT2D eigenvalue weighted by Crippen LogP contribution is 2.33. The van der Waals surface area contributed by atoms with Crippen LogP contribution in [0.2, 0.25) is 0 Å². The molecule has 132 valence electrons. The van der Waals surface area contributed by atoms with Crippen LogP contribution in [-0.2, 0) is 9.53 Å². The molecule has 25 heavy (non-hydrogen) atoms. The Kier molecular flexibility index (Phi) is 4.07. The number of ether oxygens (including phenoxy) is 2. The molecule has 2 heterocycles. The van der Waals surface area contributed by atoms with E-state index in [9.17, 15) is 14.7 Å². The Balaban J connectivity index is 1.82. The first kappa shape index (κ1) is 16.7. The van der Waals surface area contributed by atoms with Gasteiger partial charge in [0.15, 0.2) is 0 Å². The quantitative estimate of drug-likeness (QED) is 0.716. The minimum absolute atomic E-state index is 0.0688. The van der Waals surface area contributed by atoms with Crippen LogP contribution in [0.1, 0.15) is 20.8 Å². The van der Waals surface area contributed by atoms with Gasteiger partial charge >= 0.3 is 6.09 Å². The van der Waals surface area contributed by atoms with E-state index < -0.39 is 23.6 Å². The predicted molar refractivity (Wildman–Crippen MR) is 88.5 cm³/mol. The number of hydrogen-bond acceptors (Lipinski definition) is 7. The summed E-state index contributed by atoms with van der Waals surface area (Å²) in [5.74, 6) is -0.275. The van der Waals surface area contributed by atoms with E-state index in [0.29, 0.717) is 22.3 Å². The standard InChI is InChI=1S/C16H18N4O5/c1-16(2,3)25-15(23)20-11-6-24-12-5-9-8(13(21)18-7-17-9)4-10(12)19-14(11)22/h4-5,7,11H,6H2,1-3H3,(H,19,22)(H,20,23)(H,17,18,21)/t11-/m0/s1. The molecule has 1 atom stereocenters. The van der Waals surface area contributed by atoms with Crippen molar-refractivity contribution in [1.82, 2.24) is 15.3 Å². The summed E-state index contributed by atoms with van der Waals surface area (Å²) in [5, 5.41) is 15.3. The average Bonchev–Trinajstić information content (AvgIpc) is 2.64. The molecule has 3 rings (SSSR count). The summed E-state index contributed by atoms with van der Waals surface area (Å²) in [6.45, 7) is 5.11. The molecule has 3 N–H and O–H groups in total. The van der Waals surface area contributed by atoms with Gasteiger partial charge in [-0.25, -0.2) is 14.8 Å². The fraction of sp³-hybridized carbons (Fsp3) is 0.375. The largest absolute Gasteiger partial charge is 0.493 e. The van der Waals surface area contributed by atoms with E-state index >= 15 is 0 Å². The summed E-state index contributed by atoms with van der Waals surface area (Å²) in [4.78, 5) is 32.0. The van der Waals surface area contributed by atoms with Gasteiger partial charge in [-0.15, -0.1) is 0 Å². The molecule has 0 saturated carbocycles. The highest BCUT2D eigenvalue weighted by molar-refractivity contribution is 6.01. The molecule has 0 aliphatic carbocycles. The second-order valence-corrected chi connectivity index (χ2v) is 6.56.